The molecular weight excluding hydrogens is 370 g/mol. The van der Waals surface area contributed by atoms with Crippen LogP contribution < -0.4 is 16.4 Å². The lowest BCUT2D eigenvalue weighted by Gasteiger charge is -2.18. The van der Waals surface area contributed by atoms with E-state index >= 15 is 0 Å². The summed E-state index contributed by atoms with van der Waals surface area (Å²) in [6.07, 6.45) is 2.50. The summed E-state index contributed by atoms with van der Waals surface area (Å²) in [6.45, 7) is 0.0850. The molecule has 29 heavy (non-hydrogen) atoms. The van der Waals surface area contributed by atoms with E-state index in [0.29, 0.717) is 5.69 Å². The van der Waals surface area contributed by atoms with Gasteiger partial charge in [-0.1, -0.05) is 36.4 Å². The summed E-state index contributed by atoms with van der Waals surface area (Å²) in [5.41, 5.74) is 9.23. The van der Waals surface area contributed by atoms with Crippen LogP contribution in [0.2, 0.25) is 0 Å². The Morgan fingerprint density at radius 2 is 1.79 bits per heavy atom. The fourth-order valence-electron chi connectivity index (χ4n) is 3.34. The Balaban J connectivity index is 1.59. The average Bonchev–Trinajstić information content (AvgIpc) is 3.18. The zero-order chi connectivity index (χ0) is 20.6. The van der Waals surface area contributed by atoms with Crippen molar-refractivity contribution >= 4 is 23.6 Å². The van der Waals surface area contributed by atoms with Crippen molar-refractivity contribution in [1.82, 2.24) is 5.32 Å². The number of hydrogen-bond acceptors (Lipinski definition) is 4. The van der Waals surface area contributed by atoms with Crippen LogP contribution in [0.3, 0.4) is 0 Å². The number of hydrogen-bond donors (Lipinski definition) is 3. The zero-order valence-corrected chi connectivity index (χ0v) is 16.1. The van der Waals surface area contributed by atoms with Gasteiger partial charge in [-0.15, -0.1) is 0 Å². The molecule has 3 rings (SSSR count). The highest BCUT2D eigenvalue weighted by Crippen LogP contribution is 2.25. The Morgan fingerprint density at radius 3 is 2.55 bits per heavy atom. The third-order valence-electron chi connectivity index (χ3n) is 4.87. The molecule has 7 heteroatoms. The van der Waals surface area contributed by atoms with E-state index in [1.165, 1.54) is 11.1 Å². The number of carbonyl (C=O) groups excluding carboxylic acids is 3. The van der Waals surface area contributed by atoms with E-state index in [9.17, 15) is 14.4 Å². The van der Waals surface area contributed by atoms with Crippen LogP contribution in [0, 0.1) is 0 Å². The molecule has 152 valence electrons. The lowest BCUT2D eigenvalue weighted by Crippen LogP contribution is -2.44. The van der Waals surface area contributed by atoms with Crippen LogP contribution in [0.5, 0.6) is 0 Å². The minimum absolute atomic E-state index is 0.0265. The molecule has 0 spiro atoms. The monoisotopic (exact) mass is 395 g/mol. The van der Waals surface area contributed by atoms with E-state index in [2.05, 4.69) is 10.6 Å². The van der Waals surface area contributed by atoms with Crippen molar-refractivity contribution in [3.05, 3.63) is 65.2 Å². The van der Waals surface area contributed by atoms with E-state index in [1.54, 1.807) is 0 Å². The largest absolute Gasteiger partial charge is 0.445 e. The highest BCUT2D eigenvalue weighted by Gasteiger charge is 2.23. The Labute approximate surface area is 169 Å². The molecular formula is C22H25N3O4. The van der Waals surface area contributed by atoms with Gasteiger partial charge in [0.15, 0.2) is 0 Å². The number of carbonyl (C=O) groups is 3. The molecule has 2 aromatic carbocycles. The van der Waals surface area contributed by atoms with E-state index in [4.69, 9.17) is 10.5 Å². The van der Waals surface area contributed by atoms with Crippen molar-refractivity contribution in [2.24, 2.45) is 5.73 Å². The zero-order valence-electron chi connectivity index (χ0n) is 16.1. The van der Waals surface area contributed by atoms with Gasteiger partial charge in [0.2, 0.25) is 11.8 Å². The SMILES string of the molecule is NC(=O)CC[C@H](NC(=O)OCc1ccccc1)C(=O)Nc1ccc2c(c1)CCC2. The molecule has 0 heterocycles. The summed E-state index contributed by atoms with van der Waals surface area (Å²) in [5, 5.41) is 5.35. The Morgan fingerprint density at radius 1 is 1.03 bits per heavy atom. The maximum Gasteiger partial charge on any atom is 0.408 e. The number of benzene rings is 2. The summed E-state index contributed by atoms with van der Waals surface area (Å²) in [5.74, 6) is -0.958. The number of aryl methyl sites for hydroxylation is 2. The van der Waals surface area contributed by atoms with Crippen LogP contribution in [-0.4, -0.2) is 23.9 Å². The number of primary amides is 1. The number of ether oxygens (including phenoxy) is 1. The Bertz CT molecular complexity index is 883. The van der Waals surface area contributed by atoms with Gasteiger partial charge < -0.3 is 21.1 Å². The van der Waals surface area contributed by atoms with Gasteiger partial charge in [-0.2, -0.15) is 0 Å². The number of amides is 3. The van der Waals surface area contributed by atoms with Gasteiger partial charge in [-0.25, -0.2) is 4.79 Å². The molecule has 0 aliphatic heterocycles. The summed E-state index contributed by atoms with van der Waals surface area (Å²) in [4.78, 5) is 36.0. The number of nitrogens with two attached hydrogens (primary N) is 1. The molecule has 3 amide bonds. The van der Waals surface area contributed by atoms with E-state index < -0.39 is 23.9 Å². The number of rotatable bonds is 8. The fraction of sp³-hybridized carbons (Fsp3) is 0.318. The number of fused-ring (bicyclic) bond motifs is 1. The highest BCUT2D eigenvalue weighted by molar-refractivity contribution is 5.97. The molecule has 1 aliphatic rings. The van der Waals surface area contributed by atoms with Crippen LogP contribution in [0.15, 0.2) is 48.5 Å². The summed E-state index contributed by atoms with van der Waals surface area (Å²) >= 11 is 0. The third kappa shape index (κ3) is 6.07. The standard InChI is InChI=1S/C22H25N3O4/c23-20(26)12-11-19(25-22(28)29-14-15-5-2-1-3-6-15)21(27)24-18-10-9-16-7-4-8-17(16)13-18/h1-3,5-6,9-10,13,19H,4,7-8,11-12,14H2,(H2,23,26)(H,24,27)(H,25,28)/t19-/m0/s1. The van der Waals surface area contributed by atoms with Crippen molar-refractivity contribution in [1.29, 1.82) is 0 Å². The molecule has 0 aromatic heterocycles. The van der Waals surface area contributed by atoms with Gasteiger partial charge >= 0.3 is 6.09 Å². The topological polar surface area (TPSA) is 111 Å². The van der Waals surface area contributed by atoms with Gasteiger partial charge in [-0.05, 0) is 54.5 Å². The second kappa shape index (κ2) is 9.73. The first-order valence-corrected chi connectivity index (χ1v) is 9.69. The van der Waals surface area contributed by atoms with E-state index in [0.717, 1.165) is 24.8 Å². The molecule has 1 atom stereocenters. The lowest BCUT2D eigenvalue weighted by atomic mass is 10.1. The smallest absolute Gasteiger partial charge is 0.408 e. The molecule has 0 saturated carbocycles. The van der Waals surface area contributed by atoms with Crippen LogP contribution in [0.1, 0.15) is 36.0 Å². The van der Waals surface area contributed by atoms with Crippen LogP contribution >= 0.6 is 0 Å². The van der Waals surface area contributed by atoms with Crippen molar-refractivity contribution in [3.63, 3.8) is 0 Å². The van der Waals surface area contributed by atoms with Crippen LogP contribution in [0.4, 0.5) is 10.5 Å². The first-order chi connectivity index (χ1) is 14.0. The van der Waals surface area contributed by atoms with E-state index in [-0.39, 0.29) is 19.4 Å². The molecule has 0 fully saturated rings. The van der Waals surface area contributed by atoms with Crippen LogP contribution in [0.25, 0.3) is 0 Å². The summed E-state index contributed by atoms with van der Waals surface area (Å²) in [6, 6.07) is 14.1. The minimum atomic E-state index is -0.931. The van der Waals surface area contributed by atoms with Gasteiger partial charge in [0, 0.05) is 12.1 Å². The Hall–Kier alpha value is -3.35. The van der Waals surface area contributed by atoms with Crippen molar-refractivity contribution in [2.45, 2.75) is 44.8 Å². The molecule has 7 nitrogen and oxygen atoms in total. The second-order valence-electron chi connectivity index (χ2n) is 7.09. The Kier molecular flexibility index (Phi) is 6.84. The fourth-order valence-corrected chi connectivity index (χ4v) is 3.34. The lowest BCUT2D eigenvalue weighted by molar-refractivity contribution is -0.119. The quantitative estimate of drug-likeness (QED) is 0.638. The van der Waals surface area contributed by atoms with Gasteiger partial charge in [-0.3, -0.25) is 9.59 Å². The molecule has 1 aliphatic carbocycles. The van der Waals surface area contributed by atoms with Gasteiger partial charge in [0.1, 0.15) is 12.6 Å². The maximum absolute atomic E-state index is 12.7. The average molecular weight is 395 g/mol. The van der Waals surface area contributed by atoms with Gasteiger partial charge in [0.05, 0.1) is 0 Å². The molecule has 4 N–H and O–H groups in total. The number of anilines is 1. The van der Waals surface area contributed by atoms with Crippen molar-refractivity contribution in [3.8, 4) is 0 Å². The second-order valence-corrected chi connectivity index (χ2v) is 7.09. The maximum atomic E-state index is 12.7. The molecule has 0 unspecified atom stereocenters. The highest BCUT2D eigenvalue weighted by atomic mass is 16.5. The molecule has 0 bridgehead atoms. The number of alkyl carbamates (subject to hydrolysis) is 1. The van der Waals surface area contributed by atoms with Crippen LogP contribution in [-0.2, 0) is 33.8 Å². The van der Waals surface area contributed by atoms with E-state index in [1.807, 2.05) is 48.5 Å². The molecule has 2 aromatic rings. The van der Waals surface area contributed by atoms with Crippen molar-refractivity contribution < 1.29 is 19.1 Å². The third-order valence-corrected chi connectivity index (χ3v) is 4.87. The normalized spacial score (nSPS) is 13.2. The first-order valence-electron chi connectivity index (χ1n) is 9.69. The first kappa shape index (κ1) is 20.4. The summed E-state index contributed by atoms with van der Waals surface area (Å²) < 4.78 is 5.18. The van der Waals surface area contributed by atoms with Gasteiger partial charge in [0.25, 0.3) is 0 Å². The predicted molar refractivity (Wildman–Crippen MR) is 109 cm³/mol. The number of nitrogens with one attached hydrogen (secondary N) is 2. The molecule has 0 saturated heterocycles. The molecule has 0 radical (unpaired) electrons. The minimum Gasteiger partial charge on any atom is -0.445 e. The predicted octanol–water partition coefficient (Wildman–Crippen LogP) is 2.67. The summed E-state index contributed by atoms with van der Waals surface area (Å²) in [7, 11) is 0. The van der Waals surface area contributed by atoms with Crippen molar-refractivity contribution in [2.75, 3.05) is 5.32 Å².